The molecule has 58 valence electrons. The zero-order chi connectivity index (χ0) is 8.10. The maximum atomic E-state index is 9.01. The van der Waals surface area contributed by atoms with E-state index < -0.39 is 6.10 Å². The van der Waals surface area contributed by atoms with Crippen LogP contribution < -0.4 is 0 Å². The van der Waals surface area contributed by atoms with Crippen LogP contribution in [0.3, 0.4) is 0 Å². The molecule has 1 aromatic rings. The van der Waals surface area contributed by atoms with E-state index in [1.807, 2.05) is 6.07 Å². The van der Waals surface area contributed by atoms with E-state index in [-0.39, 0.29) is 0 Å². The van der Waals surface area contributed by atoms with Crippen molar-refractivity contribution in [3.63, 3.8) is 0 Å². The van der Waals surface area contributed by atoms with Gasteiger partial charge in [-0.15, -0.1) is 6.58 Å². The van der Waals surface area contributed by atoms with E-state index in [0.29, 0.717) is 0 Å². The standard InChI is InChI=1S/C9H10O2/c1-2-8(10)5-6-9-4-3-7-11-9/h2-8,10H,1H2/b6-5+. The van der Waals surface area contributed by atoms with Crippen LogP contribution >= 0.6 is 0 Å². The van der Waals surface area contributed by atoms with Gasteiger partial charge in [-0.05, 0) is 24.3 Å². The van der Waals surface area contributed by atoms with Gasteiger partial charge in [0.2, 0.25) is 0 Å². The average Bonchev–Trinajstić information content (AvgIpc) is 2.52. The van der Waals surface area contributed by atoms with E-state index >= 15 is 0 Å². The van der Waals surface area contributed by atoms with Gasteiger partial charge in [0, 0.05) is 0 Å². The van der Waals surface area contributed by atoms with Crippen molar-refractivity contribution in [3.8, 4) is 0 Å². The molecule has 0 fully saturated rings. The van der Waals surface area contributed by atoms with Crippen molar-refractivity contribution in [3.05, 3.63) is 42.9 Å². The molecule has 0 aromatic carbocycles. The van der Waals surface area contributed by atoms with Crippen LogP contribution in [0.25, 0.3) is 6.08 Å². The normalized spacial score (nSPS) is 13.5. The van der Waals surface area contributed by atoms with E-state index in [4.69, 9.17) is 9.52 Å². The van der Waals surface area contributed by atoms with Gasteiger partial charge in [-0.1, -0.05) is 6.08 Å². The van der Waals surface area contributed by atoms with Gasteiger partial charge >= 0.3 is 0 Å². The summed E-state index contributed by atoms with van der Waals surface area (Å²) in [6, 6.07) is 3.60. The Kier molecular flexibility index (Phi) is 2.69. The molecule has 1 heterocycles. The maximum absolute atomic E-state index is 9.01. The fourth-order valence-electron chi connectivity index (χ4n) is 0.658. The lowest BCUT2D eigenvalue weighted by molar-refractivity contribution is 0.272. The fourth-order valence-corrected chi connectivity index (χ4v) is 0.658. The zero-order valence-corrected chi connectivity index (χ0v) is 6.10. The van der Waals surface area contributed by atoms with Crippen LogP contribution in [0.2, 0.25) is 0 Å². The van der Waals surface area contributed by atoms with E-state index in [0.717, 1.165) is 5.76 Å². The lowest BCUT2D eigenvalue weighted by Gasteiger charge is -1.92. The number of rotatable bonds is 3. The van der Waals surface area contributed by atoms with Crippen LogP contribution in [0.4, 0.5) is 0 Å². The monoisotopic (exact) mass is 150 g/mol. The highest BCUT2D eigenvalue weighted by Crippen LogP contribution is 2.03. The van der Waals surface area contributed by atoms with Crippen molar-refractivity contribution in [2.24, 2.45) is 0 Å². The Labute approximate surface area is 65.5 Å². The first-order chi connectivity index (χ1) is 5.33. The number of aliphatic hydroxyl groups is 1. The molecular weight excluding hydrogens is 140 g/mol. The number of aliphatic hydroxyl groups excluding tert-OH is 1. The first kappa shape index (κ1) is 7.82. The highest BCUT2D eigenvalue weighted by Gasteiger charge is 1.90. The third-order valence-corrected chi connectivity index (χ3v) is 1.24. The quantitative estimate of drug-likeness (QED) is 0.667. The van der Waals surface area contributed by atoms with Crippen LogP contribution in [0, 0.1) is 0 Å². The summed E-state index contributed by atoms with van der Waals surface area (Å²) in [5.41, 5.74) is 0. The fraction of sp³-hybridized carbons (Fsp3) is 0.111. The summed E-state index contributed by atoms with van der Waals surface area (Å²) < 4.78 is 5.00. The Hall–Kier alpha value is -1.28. The Morgan fingerprint density at radius 3 is 3.00 bits per heavy atom. The van der Waals surface area contributed by atoms with Gasteiger partial charge in [-0.3, -0.25) is 0 Å². The van der Waals surface area contributed by atoms with Crippen LogP contribution in [0.5, 0.6) is 0 Å². The minimum atomic E-state index is -0.597. The summed E-state index contributed by atoms with van der Waals surface area (Å²) in [6.45, 7) is 3.43. The van der Waals surface area contributed by atoms with Crippen LogP contribution in [0.15, 0.2) is 41.5 Å². The first-order valence-corrected chi connectivity index (χ1v) is 3.35. The molecule has 2 heteroatoms. The van der Waals surface area contributed by atoms with E-state index in [1.165, 1.54) is 6.08 Å². The van der Waals surface area contributed by atoms with Gasteiger partial charge in [0.25, 0.3) is 0 Å². The molecule has 0 aliphatic rings. The average molecular weight is 150 g/mol. The van der Waals surface area contributed by atoms with Crippen LogP contribution in [-0.2, 0) is 0 Å². The first-order valence-electron chi connectivity index (χ1n) is 3.35. The molecule has 0 radical (unpaired) electrons. The van der Waals surface area contributed by atoms with Gasteiger partial charge in [0.05, 0.1) is 12.4 Å². The summed E-state index contributed by atoms with van der Waals surface area (Å²) in [5.74, 6) is 0.728. The molecule has 1 N–H and O–H groups in total. The second-order valence-corrected chi connectivity index (χ2v) is 2.10. The zero-order valence-electron chi connectivity index (χ0n) is 6.10. The van der Waals surface area contributed by atoms with Gasteiger partial charge in [-0.2, -0.15) is 0 Å². The van der Waals surface area contributed by atoms with Crippen molar-refractivity contribution in [2.45, 2.75) is 6.10 Å². The molecule has 0 amide bonds. The molecule has 2 nitrogen and oxygen atoms in total. The van der Waals surface area contributed by atoms with Gasteiger partial charge in [0.15, 0.2) is 0 Å². The largest absolute Gasteiger partial charge is 0.465 e. The second kappa shape index (κ2) is 3.78. The molecule has 0 aliphatic heterocycles. The van der Waals surface area contributed by atoms with E-state index in [9.17, 15) is 0 Å². The molecule has 1 atom stereocenters. The van der Waals surface area contributed by atoms with Gasteiger partial charge in [-0.25, -0.2) is 0 Å². The summed E-state index contributed by atoms with van der Waals surface area (Å²) in [5, 5.41) is 9.01. The third-order valence-electron chi connectivity index (χ3n) is 1.24. The molecule has 11 heavy (non-hydrogen) atoms. The molecular formula is C9H10O2. The Morgan fingerprint density at radius 2 is 2.45 bits per heavy atom. The van der Waals surface area contributed by atoms with Crippen molar-refractivity contribution in [1.82, 2.24) is 0 Å². The molecule has 0 aliphatic carbocycles. The molecule has 1 aromatic heterocycles. The number of furan rings is 1. The maximum Gasteiger partial charge on any atom is 0.126 e. The van der Waals surface area contributed by atoms with Gasteiger partial charge in [0.1, 0.15) is 5.76 Å². The van der Waals surface area contributed by atoms with Crippen molar-refractivity contribution in [2.75, 3.05) is 0 Å². The lowest BCUT2D eigenvalue weighted by atomic mass is 10.3. The highest BCUT2D eigenvalue weighted by molar-refractivity contribution is 5.43. The van der Waals surface area contributed by atoms with Crippen molar-refractivity contribution < 1.29 is 9.52 Å². The molecule has 0 spiro atoms. The molecule has 0 saturated carbocycles. The topological polar surface area (TPSA) is 33.4 Å². The van der Waals surface area contributed by atoms with E-state index in [1.54, 1.807) is 24.5 Å². The smallest absolute Gasteiger partial charge is 0.126 e. The highest BCUT2D eigenvalue weighted by atomic mass is 16.3. The molecule has 1 rings (SSSR count). The van der Waals surface area contributed by atoms with Crippen LogP contribution in [-0.4, -0.2) is 11.2 Å². The molecule has 0 bridgehead atoms. The summed E-state index contributed by atoms with van der Waals surface area (Å²) in [4.78, 5) is 0. The molecule has 0 saturated heterocycles. The Bertz CT molecular complexity index is 234. The predicted octanol–water partition coefficient (Wildman–Crippen LogP) is 1.84. The minimum absolute atomic E-state index is 0.597. The minimum Gasteiger partial charge on any atom is -0.465 e. The van der Waals surface area contributed by atoms with E-state index in [2.05, 4.69) is 6.58 Å². The SMILES string of the molecule is C=CC(O)/C=C/c1ccco1. The molecule has 1 unspecified atom stereocenters. The van der Waals surface area contributed by atoms with Crippen molar-refractivity contribution >= 4 is 6.08 Å². The number of hydrogen-bond acceptors (Lipinski definition) is 2. The third kappa shape index (κ3) is 2.43. The van der Waals surface area contributed by atoms with Gasteiger partial charge < -0.3 is 9.52 Å². The lowest BCUT2D eigenvalue weighted by Crippen LogP contribution is -1.93. The second-order valence-electron chi connectivity index (χ2n) is 2.10. The predicted molar refractivity (Wildman–Crippen MR) is 43.9 cm³/mol. The Morgan fingerprint density at radius 1 is 1.64 bits per heavy atom. The number of hydrogen-bond donors (Lipinski definition) is 1. The summed E-state index contributed by atoms with van der Waals surface area (Å²) in [7, 11) is 0. The van der Waals surface area contributed by atoms with Crippen LogP contribution in [0.1, 0.15) is 5.76 Å². The summed E-state index contributed by atoms with van der Waals surface area (Å²) >= 11 is 0. The van der Waals surface area contributed by atoms with Crippen molar-refractivity contribution in [1.29, 1.82) is 0 Å². The summed E-state index contributed by atoms with van der Waals surface area (Å²) in [6.07, 6.45) is 5.73. The Balaban J connectivity index is 2.55.